The van der Waals surface area contributed by atoms with E-state index in [1.54, 1.807) is 25.2 Å². The topological polar surface area (TPSA) is 90.3 Å². The maximum absolute atomic E-state index is 11.5. The summed E-state index contributed by atoms with van der Waals surface area (Å²) >= 11 is 0. The van der Waals surface area contributed by atoms with Gasteiger partial charge in [0.2, 0.25) is 0 Å². The van der Waals surface area contributed by atoms with Crippen LogP contribution in [-0.4, -0.2) is 16.0 Å². The fourth-order valence-corrected chi connectivity index (χ4v) is 2.37. The molecular weight excluding hydrogens is 298 g/mol. The van der Waals surface area contributed by atoms with E-state index in [1.165, 1.54) is 16.7 Å². The van der Waals surface area contributed by atoms with Gasteiger partial charge in [0.05, 0.1) is 10.4 Å². The zero-order valence-corrected chi connectivity index (χ0v) is 12.5. The third kappa shape index (κ3) is 3.08. The Bertz CT molecular complexity index is 909. The molecule has 0 aliphatic carbocycles. The molecule has 0 saturated heterocycles. The third-order valence-electron chi connectivity index (χ3n) is 3.68. The number of oxazole rings is 1. The molecule has 23 heavy (non-hydrogen) atoms. The van der Waals surface area contributed by atoms with Crippen molar-refractivity contribution in [2.75, 3.05) is 11.9 Å². The molecule has 0 bridgehead atoms. The van der Waals surface area contributed by atoms with Crippen LogP contribution < -0.4 is 11.1 Å². The molecule has 7 nitrogen and oxygen atoms in total. The molecule has 0 aliphatic rings. The fraction of sp³-hybridized carbons (Fsp3) is 0.188. The van der Waals surface area contributed by atoms with Gasteiger partial charge >= 0.3 is 5.76 Å². The van der Waals surface area contributed by atoms with Crippen molar-refractivity contribution in [1.29, 1.82) is 0 Å². The first kappa shape index (κ1) is 14.8. The second kappa shape index (κ2) is 5.96. The Morgan fingerprint density at radius 3 is 2.65 bits per heavy atom. The number of rotatable bonds is 5. The molecule has 1 N–H and O–H groups in total. The first-order valence-corrected chi connectivity index (χ1v) is 7.11. The SMILES string of the molecule is Cn1c(=O)oc2ccc(NCCc3ccc([N+](=O)[O-])cc3)cc21. The quantitative estimate of drug-likeness (QED) is 0.577. The Hall–Kier alpha value is -3.09. The predicted octanol–water partition coefficient (Wildman–Crippen LogP) is 2.69. The average molecular weight is 313 g/mol. The lowest BCUT2D eigenvalue weighted by Crippen LogP contribution is -2.08. The Balaban J connectivity index is 1.65. The minimum absolute atomic E-state index is 0.0908. The van der Waals surface area contributed by atoms with Gasteiger partial charge < -0.3 is 9.73 Å². The number of anilines is 1. The summed E-state index contributed by atoms with van der Waals surface area (Å²) in [6, 6.07) is 12.0. The molecule has 0 saturated carbocycles. The van der Waals surface area contributed by atoms with Crippen LogP contribution in [0.15, 0.2) is 51.7 Å². The number of nitro groups is 1. The van der Waals surface area contributed by atoms with E-state index < -0.39 is 4.92 Å². The largest absolute Gasteiger partial charge is 0.419 e. The van der Waals surface area contributed by atoms with Gasteiger partial charge in [-0.3, -0.25) is 14.7 Å². The highest BCUT2D eigenvalue weighted by Gasteiger charge is 2.07. The molecule has 0 amide bonds. The summed E-state index contributed by atoms with van der Waals surface area (Å²) < 4.78 is 6.54. The summed E-state index contributed by atoms with van der Waals surface area (Å²) in [6.07, 6.45) is 0.736. The number of nitro benzene ring substituents is 1. The third-order valence-corrected chi connectivity index (χ3v) is 3.68. The number of nitrogens with zero attached hydrogens (tertiary/aromatic N) is 2. The monoisotopic (exact) mass is 313 g/mol. The van der Waals surface area contributed by atoms with Gasteiger partial charge in [-0.25, -0.2) is 4.79 Å². The lowest BCUT2D eigenvalue weighted by atomic mass is 10.1. The second-order valence-electron chi connectivity index (χ2n) is 5.21. The molecule has 2 aromatic carbocycles. The normalized spacial score (nSPS) is 10.8. The van der Waals surface area contributed by atoms with Crippen LogP contribution >= 0.6 is 0 Å². The van der Waals surface area contributed by atoms with Crippen LogP contribution in [0.5, 0.6) is 0 Å². The minimum Gasteiger partial charge on any atom is -0.408 e. The van der Waals surface area contributed by atoms with Crippen molar-refractivity contribution >= 4 is 22.5 Å². The number of benzene rings is 2. The van der Waals surface area contributed by atoms with E-state index in [1.807, 2.05) is 12.1 Å². The van der Waals surface area contributed by atoms with E-state index >= 15 is 0 Å². The molecule has 0 aliphatic heterocycles. The lowest BCUT2D eigenvalue weighted by Gasteiger charge is -2.06. The second-order valence-corrected chi connectivity index (χ2v) is 5.21. The molecule has 0 fully saturated rings. The zero-order valence-electron chi connectivity index (χ0n) is 12.5. The van der Waals surface area contributed by atoms with E-state index in [2.05, 4.69) is 5.32 Å². The Morgan fingerprint density at radius 1 is 1.22 bits per heavy atom. The molecule has 1 aromatic heterocycles. The van der Waals surface area contributed by atoms with Gasteiger partial charge in [0, 0.05) is 31.4 Å². The molecule has 7 heteroatoms. The first-order chi connectivity index (χ1) is 11.0. The smallest absolute Gasteiger partial charge is 0.408 e. The van der Waals surface area contributed by atoms with Crippen molar-refractivity contribution in [3.05, 3.63) is 68.7 Å². The highest BCUT2D eigenvalue weighted by atomic mass is 16.6. The summed E-state index contributed by atoms with van der Waals surface area (Å²) in [5.41, 5.74) is 3.28. The van der Waals surface area contributed by atoms with Crippen LogP contribution in [0, 0.1) is 10.1 Å². The molecule has 1 heterocycles. The summed E-state index contributed by atoms with van der Waals surface area (Å²) in [6.45, 7) is 0.676. The standard InChI is InChI=1S/C16H15N3O4/c1-18-14-10-12(4-7-15(14)23-16(18)20)17-9-8-11-2-5-13(6-3-11)19(21)22/h2-7,10,17H,8-9H2,1H3. The average Bonchev–Trinajstić information content (AvgIpc) is 2.83. The summed E-state index contributed by atoms with van der Waals surface area (Å²) in [7, 11) is 1.66. The van der Waals surface area contributed by atoms with Gasteiger partial charge in [-0.2, -0.15) is 0 Å². The number of nitrogens with one attached hydrogen (secondary N) is 1. The lowest BCUT2D eigenvalue weighted by molar-refractivity contribution is -0.384. The van der Waals surface area contributed by atoms with E-state index in [4.69, 9.17) is 4.42 Å². The van der Waals surface area contributed by atoms with Gasteiger partial charge in [-0.05, 0) is 30.2 Å². The van der Waals surface area contributed by atoms with Gasteiger partial charge in [-0.1, -0.05) is 12.1 Å². The van der Waals surface area contributed by atoms with Crippen molar-refractivity contribution in [3.8, 4) is 0 Å². The van der Waals surface area contributed by atoms with Crippen molar-refractivity contribution in [2.24, 2.45) is 7.05 Å². The summed E-state index contributed by atoms with van der Waals surface area (Å²) in [5.74, 6) is -0.386. The molecule has 118 valence electrons. The molecule has 0 radical (unpaired) electrons. The van der Waals surface area contributed by atoms with Crippen LogP contribution in [0.2, 0.25) is 0 Å². The van der Waals surface area contributed by atoms with Gasteiger partial charge in [0.25, 0.3) is 5.69 Å². The Morgan fingerprint density at radius 2 is 1.96 bits per heavy atom. The van der Waals surface area contributed by atoms with E-state index in [9.17, 15) is 14.9 Å². The van der Waals surface area contributed by atoms with Crippen LogP contribution in [0.25, 0.3) is 11.1 Å². The van der Waals surface area contributed by atoms with E-state index in [0.717, 1.165) is 23.2 Å². The number of hydrogen-bond acceptors (Lipinski definition) is 5. The first-order valence-electron chi connectivity index (χ1n) is 7.11. The molecule has 0 spiro atoms. The van der Waals surface area contributed by atoms with E-state index in [-0.39, 0.29) is 11.4 Å². The minimum atomic E-state index is -0.410. The predicted molar refractivity (Wildman–Crippen MR) is 86.7 cm³/mol. The number of aromatic nitrogens is 1. The number of non-ortho nitro benzene ring substituents is 1. The zero-order chi connectivity index (χ0) is 16.4. The van der Waals surface area contributed by atoms with Gasteiger partial charge in [-0.15, -0.1) is 0 Å². The summed E-state index contributed by atoms with van der Waals surface area (Å²) in [5, 5.41) is 13.9. The molecular formula is C16H15N3O4. The Labute approximate surface area is 131 Å². The Kier molecular flexibility index (Phi) is 3.84. The fourth-order valence-electron chi connectivity index (χ4n) is 2.37. The van der Waals surface area contributed by atoms with Gasteiger partial charge in [0.15, 0.2) is 5.58 Å². The van der Waals surface area contributed by atoms with Gasteiger partial charge in [0.1, 0.15) is 0 Å². The highest BCUT2D eigenvalue weighted by Crippen LogP contribution is 2.18. The molecule has 0 unspecified atom stereocenters. The van der Waals surface area contributed by atoms with Crippen LogP contribution in [0.1, 0.15) is 5.56 Å². The van der Waals surface area contributed by atoms with Crippen LogP contribution in [-0.2, 0) is 13.5 Å². The van der Waals surface area contributed by atoms with E-state index in [0.29, 0.717) is 12.1 Å². The van der Waals surface area contributed by atoms with Crippen molar-refractivity contribution in [2.45, 2.75) is 6.42 Å². The molecule has 3 aromatic rings. The maximum atomic E-state index is 11.5. The molecule has 3 rings (SSSR count). The highest BCUT2D eigenvalue weighted by molar-refractivity contribution is 5.77. The maximum Gasteiger partial charge on any atom is 0.419 e. The van der Waals surface area contributed by atoms with Crippen molar-refractivity contribution < 1.29 is 9.34 Å². The molecule has 0 atom stereocenters. The van der Waals surface area contributed by atoms with Crippen LogP contribution in [0.4, 0.5) is 11.4 Å². The summed E-state index contributed by atoms with van der Waals surface area (Å²) in [4.78, 5) is 21.7. The number of aryl methyl sites for hydroxylation is 1. The number of fused-ring (bicyclic) bond motifs is 1. The van der Waals surface area contributed by atoms with Crippen molar-refractivity contribution in [3.63, 3.8) is 0 Å². The van der Waals surface area contributed by atoms with Crippen LogP contribution in [0.3, 0.4) is 0 Å². The van der Waals surface area contributed by atoms with Crippen molar-refractivity contribution in [1.82, 2.24) is 4.57 Å². The number of hydrogen-bond donors (Lipinski definition) is 1.